The average molecular weight is 707 g/mol. The first-order chi connectivity index (χ1) is 25.3. The Morgan fingerprint density at radius 3 is 1.69 bits per heavy atom. The Hall–Kier alpha value is -5.04. The van der Waals surface area contributed by atoms with E-state index in [1.54, 1.807) is 0 Å². The predicted octanol–water partition coefficient (Wildman–Crippen LogP) is 9.14. The fourth-order valence-electron chi connectivity index (χ4n) is 8.72. The van der Waals surface area contributed by atoms with E-state index >= 15 is 0 Å². The molecule has 4 aromatic carbocycles. The number of nitro benzene ring substituents is 2. The molecule has 0 radical (unpaired) electrons. The van der Waals surface area contributed by atoms with Gasteiger partial charge in [0, 0.05) is 17.2 Å². The van der Waals surface area contributed by atoms with E-state index in [-0.39, 0.29) is 23.6 Å². The number of nitro groups is 2. The number of non-ortho nitro benzene ring substituents is 1. The van der Waals surface area contributed by atoms with E-state index in [9.17, 15) is 25.3 Å². The number of aromatic hydroxyl groups is 1. The van der Waals surface area contributed by atoms with Crippen molar-refractivity contribution in [3.05, 3.63) is 133 Å². The number of nitrogens with zero attached hydrogens (tertiary/aromatic N) is 4. The van der Waals surface area contributed by atoms with Crippen LogP contribution in [0.25, 0.3) is 0 Å². The molecule has 0 spiro atoms. The molecule has 2 aliphatic carbocycles. The summed E-state index contributed by atoms with van der Waals surface area (Å²) in [7, 11) is 0. The van der Waals surface area contributed by atoms with E-state index in [0.29, 0.717) is 56.1 Å². The van der Waals surface area contributed by atoms with Crippen molar-refractivity contribution in [2.24, 2.45) is 10.2 Å². The zero-order valence-electron chi connectivity index (χ0n) is 28.9. The van der Waals surface area contributed by atoms with Gasteiger partial charge in [0.05, 0.1) is 71.1 Å². The number of hydrogen-bond acceptors (Lipinski definition) is 10. The summed E-state index contributed by atoms with van der Waals surface area (Å²) < 4.78 is 19.4. The van der Waals surface area contributed by atoms with Gasteiger partial charge >= 0.3 is 5.69 Å². The van der Waals surface area contributed by atoms with Crippen LogP contribution in [0, 0.1) is 20.2 Å². The second-order valence-corrected chi connectivity index (χ2v) is 13.8. The third-order valence-electron chi connectivity index (χ3n) is 11.0. The normalized spacial score (nSPS) is 25.4. The summed E-state index contributed by atoms with van der Waals surface area (Å²) in [6, 6.07) is 27.2. The van der Waals surface area contributed by atoms with Crippen LogP contribution in [0.3, 0.4) is 0 Å². The van der Waals surface area contributed by atoms with Gasteiger partial charge < -0.3 is 19.3 Å². The number of phenols is 1. The Bertz CT molecular complexity index is 1850. The summed E-state index contributed by atoms with van der Waals surface area (Å²) in [4.78, 5) is 22.0. The van der Waals surface area contributed by atoms with Crippen molar-refractivity contribution in [3.8, 4) is 5.75 Å². The highest BCUT2D eigenvalue weighted by Crippen LogP contribution is 2.56. The van der Waals surface area contributed by atoms with Gasteiger partial charge in [0.25, 0.3) is 5.69 Å². The van der Waals surface area contributed by atoms with Gasteiger partial charge in [-0.2, -0.15) is 5.11 Å². The molecular weight excluding hydrogens is 664 g/mol. The SMILES string of the molecule is O=[N+]([O-])c1ccc(N=Nc2cc3c(O)c(c2)[C@]2(c4ccccc4)CCCC[C@H]2OCCOCCO[C@@H]2CCCC[C@@]32c2ccccc2)c([N+](=O)[O-])c1. The maximum absolute atomic E-state index is 12.9. The molecule has 1 N–H and O–H groups in total. The molecule has 2 fully saturated rings. The van der Waals surface area contributed by atoms with Crippen LogP contribution in [-0.2, 0) is 25.0 Å². The molecule has 270 valence electrons. The third-order valence-corrected chi connectivity index (χ3v) is 11.0. The van der Waals surface area contributed by atoms with Gasteiger partial charge in [-0.1, -0.05) is 86.3 Å². The van der Waals surface area contributed by atoms with Gasteiger partial charge in [-0.15, -0.1) is 5.11 Å². The molecule has 0 amide bonds. The van der Waals surface area contributed by atoms with Crippen molar-refractivity contribution >= 4 is 22.7 Å². The molecule has 52 heavy (non-hydrogen) atoms. The van der Waals surface area contributed by atoms with Crippen LogP contribution in [0.15, 0.2) is 101 Å². The average Bonchev–Trinajstić information content (AvgIpc) is 3.17. The van der Waals surface area contributed by atoms with Crippen LogP contribution < -0.4 is 0 Å². The molecule has 12 nitrogen and oxygen atoms in total. The number of hydrogen-bond donors (Lipinski definition) is 1. The second-order valence-electron chi connectivity index (χ2n) is 13.8. The summed E-state index contributed by atoms with van der Waals surface area (Å²) in [5.74, 6) is 0.146. The minimum Gasteiger partial charge on any atom is -0.507 e. The topological polar surface area (TPSA) is 159 Å². The Morgan fingerprint density at radius 2 is 1.19 bits per heavy atom. The lowest BCUT2D eigenvalue weighted by Gasteiger charge is -2.48. The lowest BCUT2D eigenvalue weighted by atomic mass is 9.59. The van der Waals surface area contributed by atoms with Crippen molar-refractivity contribution in [2.75, 3.05) is 26.4 Å². The number of fused-ring (bicyclic) bond motifs is 6. The van der Waals surface area contributed by atoms with Gasteiger partial charge in [0.2, 0.25) is 0 Å². The smallest absolute Gasteiger partial charge is 0.303 e. The van der Waals surface area contributed by atoms with Crippen molar-refractivity contribution in [2.45, 2.75) is 74.4 Å². The van der Waals surface area contributed by atoms with Crippen molar-refractivity contribution < 1.29 is 29.2 Å². The summed E-state index contributed by atoms with van der Waals surface area (Å²) in [6.45, 7) is 1.54. The molecule has 7 rings (SSSR count). The highest BCUT2D eigenvalue weighted by atomic mass is 16.6. The van der Waals surface area contributed by atoms with Gasteiger partial charge in [-0.05, 0) is 55.0 Å². The minimum absolute atomic E-state index is 0.123. The molecule has 0 saturated heterocycles. The molecule has 3 aliphatic rings. The molecule has 0 unspecified atom stereocenters. The van der Waals surface area contributed by atoms with Crippen LogP contribution in [0.4, 0.5) is 22.7 Å². The Labute approximate surface area is 301 Å². The highest BCUT2D eigenvalue weighted by Gasteiger charge is 2.51. The van der Waals surface area contributed by atoms with Crippen LogP contribution in [-0.4, -0.2) is 53.6 Å². The molecule has 12 heteroatoms. The van der Waals surface area contributed by atoms with Crippen LogP contribution >= 0.6 is 0 Å². The van der Waals surface area contributed by atoms with E-state index in [0.717, 1.165) is 55.7 Å². The maximum Gasteiger partial charge on any atom is 0.303 e. The first-order valence-corrected chi connectivity index (χ1v) is 18.0. The number of phenolic OH excluding ortho intramolecular Hbond substituents is 1. The van der Waals surface area contributed by atoms with Gasteiger partial charge in [0.15, 0.2) is 5.69 Å². The Kier molecular flexibility index (Phi) is 10.4. The van der Waals surface area contributed by atoms with Crippen LogP contribution in [0.2, 0.25) is 0 Å². The molecular formula is C40H42N4O8. The predicted molar refractivity (Wildman–Crippen MR) is 194 cm³/mol. The van der Waals surface area contributed by atoms with Gasteiger partial charge in [-0.3, -0.25) is 20.2 Å². The minimum atomic E-state index is -0.782. The van der Waals surface area contributed by atoms with E-state index in [2.05, 4.69) is 34.5 Å². The molecule has 2 saturated carbocycles. The monoisotopic (exact) mass is 706 g/mol. The summed E-state index contributed by atoms with van der Waals surface area (Å²) in [6.07, 6.45) is 6.03. The third kappa shape index (κ3) is 6.57. The second kappa shape index (κ2) is 15.3. The zero-order valence-corrected chi connectivity index (χ0v) is 28.9. The Morgan fingerprint density at radius 1 is 0.654 bits per heavy atom. The molecule has 1 heterocycles. The molecule has 0 aromatic heterocycles. The fraction of sp³-hybridized carbons (Fsp3) is 0.400. The van der Waals surface area contributed by atoms with E-state index in [1.807, 2.05) is 48.5 Å². The lowest BCUT2D eigenvalue weighted by Crippen LogP contribution is -2.47. The maximum atomic E-state index is 12.9. The molecule has 1 aliphatic heterocycles. The number of benzene rings is 4. The molecule has 2 bridgehead atoms. The zero-order chi connectivity index (χ0) is 36.1. The summed E-state index contributed by atoms with van der Waals surface area (Å²) >= 11 is 0. The van der Waals surface area contributed by atoms with Gasteiger partial charge in [-0.25, -0.2) is 0 Å². The van der Waals surface area contributed by atoms with E-state index in [1.165, 1.54) is 12.1 Å². The fourth-order valence-corrected chi connectivity index (χ4v) is 8.72. The molecule has 4 atom stereocenters. The largest absolute Gasteiger partial charge is 0.507 e. The van der Waals surface area contributed by atoms with Crippen molar-refractivity contribution in [3.63, 3.8) is 0 Å². The van der Waals surface area contributed by atoms with E-state index in [4.69, 9.17) is 14.2 Å². The number of rotatable bonds is 6. The molecule has 4 aromatic rings. The summed E-state index contributed by atoms with van der Waals surface area (Å²) in [5.41, 5.74) is 1.03. The Balaban J connectivity index is 1.52. The van der Waals surface area contributed by atoms with Crippen molar-refractivity contribution in [1.29, 1.82) is 0 Å². The van der Waals surface area contributed by atoms with E-state index < -0.39 is 32.1 Å². The quantitative estimate of drug-likeness (QED) is 0.118. The summed E-state index contributed by atoms with van der Waals surface area (Å²) in [5, 5.41) is 45.3. The first kappa shape index (κ1) is 35.4. The van der Waals surface area contributed by atoms with Crippen LogP contribution in [0.5, 0.6) is 5.75 Å². The first-order valence-electron chi connectivity index (χ1n) is 18.0. The van der Waals surface area contributed by atoms with Crippen molar-refractivity contribution in [1.82, 2.24) is 0 Å². The lowest BCUT2D eigenvalue weighted by molar-refractivity contribution is -0.393. The number of azo groups is 1. The highest BCUT2D eigenvalue weighted by molar-refractivity contribution is 5.65. The number of ether oxygens (including phenoxy) is 3. The van der Waals surface area contributed by atoms with Crippen LogP contribution in [0.1, 0.15) is 73.6 Å². The van der Waals surface area contributed by atoms with Gasteiger partial charge in [0.1, 0.15) is 5.75 Å². The standard InChI is InChI=1S/C40H42N4O8/c45-38-32-25-30(41-42-34-18-17-31(43(46)47)27-35(34)44(48)49)26-33(38)40(29-13-5-2-6-14-29)20-10-8-16-37(40)52-24-22-50-21-23-51-36-15-7-9-19-39(32,36)28-11-3-1-4-12-28/h1-6,11-14,17-18,25-27,36-37,45H,7-10,15-16,19-24H2/t36-,37-,39-,40-/m1/s1.